The van der Waals surface area contributed by atoms with Crippen molar-refractivity contribution < 1.29 is 34.8 Å². The van der Waals surface area contributed by atoms with Crippen LogP contribution in [-0.2, 0) is 0 Å². The van der Waals surface area contributed by atoms with Crippen LogP contribution in [0.2, 0.25) is 0 Å². The van der Waals surface area contributed by atoms with Crippen LogP contribution in [0.3, 0.4) is 0 Å². The van der Waals surface area contributed by atoms with Gasteiger partial charge in [-0.05, 0) is 30.3 Å². The summed E-state index contributed by atoms with van der Waals surface area (Å²) < 4.78 is 1.57. The Bertz CT molecular complexity index is 1650. The highest BCUT2D eigenvalue weighted by Crippen LogP contribution is 2.45. The highest BCUT2D eigenvalue weighted by Gasteiger charge is 2.26. The van der Waals surface area contributed by atoms with Crippen molar-refractivity contribution in [2.75, 3.05) is 5.32 Å². The molecule has 9 heteroatoms. The molecule has 2 aromatic heterocycles. The number of hydrogen-bond donors (Lipinski definition) is 5. The van der Waals surface area contributed by atoms with Crippen molar-refractivity contribution in [1.29, 1.82) is 0 Å². The number of pyridine rings is 1. The smallest absolute Gasteiger partial charge is 0.335 e. The Hall–Kier alpha value is -5.05. The third kappa shape index (κ3) is 3.06. The summed E-state index contributed by atoms with van der Waals surface area (Å²) in [5.41, 5.74) is -0.0326. The number of carboxylic acids is 2. The minimum Gasteiger partial charge on any atom is -0.507 e. The second-order valence-corrected chi connectivity index (χ2v) is 7.66. The number of nitrogens with one attached hydrogen (secondary N) is 1. The summed E-state index contributed by atoms with van der Waals surface area (Å²) in [6.07, 6.45) is 1.63. The van der Waals surface area contributed by atoms with Gasteiger partial charge in [0.05, 0.1) is 27.6 Å². The largest absolute Gasteiger partial charge is 0.507 e. The molecule has 5 aromatic rings. The molecule has 0 saturated carbocycles. The molecule has 0 spiro atoms. The second-order valence-electron chi connectivity index (χ2n) is 7.66. The van der Waals surface area contributed by atoms with E-state index in [2.05, 4.69) is 5.32 Å². The van der Waals surface area contributed by atoms with Crippen molar-refractivity contribution in [2.24, 2.45) is 0 Å². The van der Waals surface area contributed by atoms with E-state index in [-0.39, 0.29) is 44.8 Å². The quantitative estimate of drug-likeness (QED) is 0.253. The van der Waals surface area contributed by atoms with Gasteiger partial charge in [-0.25, -0.2) is 9.59 Å². The Morgan fingerprint density at radius 1 is 0.765 bits per heavy atom. The normalized spacial score (nSPS) is 11.2. The molecule has 9 nitrogen and oxygen atoms in total. The third-order valence-electron chi connectivity index (χ3n) is 5.65. The van der Waals surface area contributed by atoms with Gasteiger partial charge in [-0.1, -0.05) is 30.3 Å². The maximum Gasteiger partial charge on any atom is 0.335 e. The molecule has 5 rings (SSSR count). The van der Waals surface area contributed by atoms with E-state index in [4.69, 9.17) is 0 Å². The van der Waals surface area contributed by atoms with Crippen LogP contribution in [0.4, 0.5) is 5.69 Å². The first-order valence-corrected chi connectivity index (χ1v) is 10.1. The lowest BCUT2D eigenvalue weighted by atomic mass is 10.0. The Labute approximate surface area is 190 Å². The van der Waals surface area contributed by atoms with Gasteiger partial charge in [0.1, 0.15) is 17.0 Å². The highest BCUT2D eigenvalue weighted by molar-refractivity contribution is 6.24. The zero-order chi connectivity index (χ0) is 24.1. The predicted molar refractivity (Wildman–Crippen MR) is 124 cm³/mol. The molecule has 0 saturated heterocycles. The number of anilines is 1. The van der Waals surface area contributed by atoms with Gasteiger partial charge in [-0.15, -0.1) is 0 Å². The summed E-state index contributed by atoms with van der Waals surface area (Å²) in [6.45, 7) is 0. The summed E-state index contributed by atoms with van der Waals surface area (Å²) >= 11 is 0. The lowest BCUT2D eigenvalue weighted by molar-refractivity contribution is 0.0696. The first kappa shape index (κ1) is 20.8. The van der Waals surface area contributed by atoms with E-state index >= 15 is 0 Å². The number of rotatable bonds is 4. The zero-order valence-corrected chi connectivity index (χ0v) is 17.3. The van der Waals surface area contributed by atoms with Gasteiger partial charge >= 0.3 is 11.9 Å². The Balaban J connectivity index is 1.77. The van der Waals surface area contributed by atoms with Crippen molar-refractivity contribution in [3.8, 4) is 11.5 Å². The summed E-state index contributed by atoms with van der Waals surface area (Å²) in [5.74, 6) is -3.75. The number of hydrogen-bond acceptors (Lipinski definition) is 5. The van der Waals surface area contributed by atoms with Crippen molar-refractivity contribution in [1.82, 2.24) is 4.40 Å². The number of amides is 1. The van der Waals surface area contributed by atoms with Gasteiger partial charge in [-0.2, -0.15) is 0 Å². The van der Waals surface area contributed by atoms with Crippen LogP contribution in [-0.4, -0.2) is 42.7 Å². The lowest BCUT2D eigenvalue weighted by Gasteiger charge is -2.10. The topological polar surface area (TPSA) is 149 Å². The van der Waals surface area contributed by atoms with Crippen LogP contribution in [0.5, 0.6) is 11.5 Å². The fourth-order valence-electron chi connectivity index (χ4n) is 4.20. The van der Waals surface area contributed by atoms with E-state index in [1.165, 1.54) is 0 Å². The molecule has 0 unspecified atom stereocenters. The van der Waals surface area contributed by atoms with Gasteiger partial charge in [-0.3, -0.25) is 4.79 Å². The monoisotopic (exact) mass is 456 g/mol. The van der Waals surface area contributed by atoms with Gasteiger partial charge in [0.25, 0.3) is 5.91 Å². The maximum atomic E-state index is 13.5. The highest BCUT2D eigenvalue weighted by atomic mass is 16.4. The number of phenols is 2. The maximum absolute atomic E-state index is 13.5. The van der Waals surface area contributed by atoms with Crippen LogP contribution in [0.25, 0.3) is 27.2 Å². The minimum atomic E-state index is -1.35. The zero-order valence-electron chi connectivity index (χ0n) is 17.3. The fourth-order valence-corrected chi connectivity index (χ4v) is 4.20. The van der Waals surface area contributed by atoms with E-state index < -0.39 is 17.8 Å². The third-order valence-corrected chi connectivity index (χ3v) is 5.65. The van der Waals surface area contributed by atoms with Crippen LogP contribution in [0.15, 0.2) is 66.9 Å². The van der Waals surface area contributed by atoms with E-state index in [1.807, 2.05) is 0 Å². The van der Waals surface area contributed by atoms with Crippen molar-refractivity contribution >= 4 is 50.7 Å². The lowest BCUT2D eigenvalue weighted by Crippen LogP contribution is -2.14. The summed E-state index contributed by atoms with van der Waals surface area (Å²) in [4.78, 5) is 36.3. The number of phenolic OH excluding ortho intramolecular Hbond substituents is 2. The summed E-state index contributed by atoms with van der Waals surface area (Å²) in [7, 11) is 0. The molecular formula is C25H16N2O7. The molecule has 5 N–H and O–H groups in total. The number of aromatic hydroxyl groups is 2. The van der Waals surface area contributed by atoms with Crippen LogP contribution >= 0.6 is 0 Å². The van der Waals surface area contributed by atoms with Crippen LogP contribution in [0, 0.1) is 0 Å². The Kier molecular flexibility index (Phi) is 4.61. The van der Waals surface area contributed by atoms with E-state index in [9.17, 15) is 34.8 Å². The van der Waals surface area contributed by atoms with Gasteiger partial charge in [0.2, 0.25) is 0 Å². The van der Waals surface area contributed by atoms with E-state index in [0.717, 1.165) is 18.2 Å². The predicted octanol–water partition coefficient (Wildman–Crippen LogP) is 4.31. The standard InChI is InChI=1S/C25H16N2O7/c28-21-15-5-1-2-6-16(15)22(29)20-19(21)18(17-7-3-4-8-27(17)20)23(30)26-14-10-12(24(31)32)9-13(11-14)25(33)34/h1-11,28-29H,(H,26,30)(H,31,32)(H,33,34). The average Bonchev–Trinajstić information content (AvgIpc) is 3.18. The van der Waals surface area contributed by atoms with Gasteiger partial charge in [0.15, 0.2) is 0 Å². The molecule has 1 amide bonds. The molecule has 34 heavy (non-hydrogen) atoms. The molecule has 0 fully saturated rings. The molecule has 0 aliphatic heterocycles. The molecule has 168 valence electrons. The number of carbonyl (C=O) groups excluding carboxylic acids is 1. The van der Waals surface area contributed by atoms with Gasteiger partial charge in [0, 0.05) is 22.7 Å². The molecule has 0 bridgehead atoms. The fraction of sp³-hybridized carbons (Fsp3) is 0. The number of aromatic nitrogens is 1. The number of carbonyl (C=O) groups is 3. The number of carboxylic acid groups (broad SMARTS) is 2. The second kappa shape index (κ2) is 7.52. The SMILES string of the molecule is O=C(O)c1cc(NC(=O)c2c3c(O)c4ccccc4c(O)c3n3ccccc23)cc(C(=O)O)c1. The average molecular weight is 456 g/mol. The number of benzene rings is 3. The van der Waals surface area contributed by atoms with Crippen molar-refractivity contribution in [2.45, 2.75) is 0 Å². The molecule has 0 aliphatic carbocycles. The molecular weight excluding hydrogens is 440 g/mol. The molecule has 0 atom stereocenters. The molecule has 2 heterocycles. The van der Waals surface area contributed by atoms with E-state index in [1.54, 1.807) is 53.1 Å². The summed E-state index contributed by atoms with van der Waals surface area (Å²) in [6, 6.07) is 15.0. The van der Waals surface area contributed by atoms with E-state index in [0.29, 0.717) is 16.3 Å². The number of fused-ring (bicyclic) bond motifs is 4. The van der Waals surface area contributed by atoms with Crippen LogP contribution in [0.1, 0.15) is 31.1 Å². The Morgan fingerprint density at radius 2 is 1.35 bits per heavy atom. The molecule has 3 aromatic carbocycles. The molecule has 0 aliphatic rings. The molecule has 0 radical (unpaired) electrons. The first-order chi connectivity index (χ1) is 16.3. The van der Waals surface area contributed by atoms with Crippen molar-refractivity contribution in [3.05, 3.63) is 83.6 Å². The van der Waals surface area contributed by atoms with Gasteiger partial charge < -0.3 is 30.1 Å². The summed E-state index contributed by atoms with van der Waals surface area (Å²) in [5, 5.41) is 44.1. The number of aromatic carboxylic acids is 2. The number of nitrogens with zero attached hydrogens (tertiary/aromatic N) is 1. The Morgan fingerprint density at radius 3 is 1.97 bits per heavy atom. The first-order valence-electron chi connectivity index (χ1n) is 10.1. The van der Waals surface area contributed by atoms with Crippen LogP contribution < -0.4 is 5.32 Å². The van der Waals surface area contributed by atoms with Crippen molar-refractivity contribution in [3.63, 3.8) is 0 Å². The minimum absolute atomic E-state index is 0.0340.